The zero-order valence-electron chi connectivity index (χ0n) is 7.53. The van der Waals surface area contributed by atoms with Gasteiger partial charge in [0.2, 0.25) is 5.91 Å². The third-order valence-corrected chi connectivity index (χ3v) is 2.51. The van der Waals surface area contributed by atoms with E-state index in [-0.39, 0.29) is 11.8 Å². The lowest BCUT2D eigenvalue weighted by atomic mass is 10.1. The summed E-state index contributed by atoms with van der Waals surface area (Å²) in [7, 11) is 1.68. The first-order chi connectivity index (χ1) is 6.33. The van der Waals surface area contributed by atoms with Gasteiger partial charge in [-0.05, 0) is 30.0 Å². The van der Waals surface area contributed by atoms with Crippen LogP contribution in [-0.2, 0) is 4.79 Å². The second-order valence-electron chi connectivity index (χ2n) is 3.34. The number of carbonyl (C=O) groups excluding carboxylic acids is 1. The fourth-order valence-corrected chi connectivity index (χ4v) is 1.65. The molecule has 68 valence electrons. The van der Waals surface area contributed by atoms with E-state index in [0.29, 0.717) is 5.92 Å². The summed E-state index contributed by atoms with van der Waals surface area (Å²) in [6.07, 6.45) is 4.52. The van der Waals surface area contributed by atoms with Crippen LogP contribution < -0.4 is 5.32 Å². The van der Waals surface area contributed by atoms with E-state index in [2.05, 4.69) is 10.3 Å². The molecule has 1 saturated carbocycles. The molecule has 13 heavy (non-hydrogen) atoms. The normalized spacial score (nSPS) is 25.3. The summed E-state index contributed by atoms with van der Waals surface area (Å²) in [5.74, 6) is 0.761. The Morgan fingerprint density at radius 3 is 2.85 bits per heavy atom. The second kappa shape index (κ2) is 3.17. The molecule has 2 atom stereocenters. The van der Waals surface area contributed by atoms with Crippen molar-refractivity contribution < 1.29 is 4.79 Å². The molecule has 0 radical (unpaired) electrons. The molecule has 1 aromatic rings. The number of rotatable bonds is 2. The van der Waals surface area contributed by atoms with Gasteiger partial charge in [0.25, 0.3) is 0 Å². The number of hydrogen-bond acceptors (Lipinski definition) is 2. The predicted octanol–water partition coefficient (Wildman–Crippen LogP) is 0.931. The van der Waals surface area contributed by atoms with E-state index in [0.717, 1.165) is 6.42 Å². The fourth-order valence-electron chi connectivity index (χ4n) is 1.65. The Morgan fingerprint density at radius 1 is 1.54 bits per heavy atom. The van der Waals surface area contributed by atoms with Gasteiger partial charge in [0.15, 0.2) is 0 Å². The Kier molecular flexibility index (Phi) is 2.00. The van der Waals surface area contributed by atoms with Crippen molar-refractivity contribution in [1.82, 2.24) is 10.3 Å². The quantitative estimate of drug-likeness (QED) is 0.728. The first-order valence-electron chi connectivity index (χ1n) is 4.44. The number of pyridine rings is 1. The first kappa shape index (κ1) is 8.23. The molecule has 1 heterocycles. The zero-order valence-corrected chi connectivity index (χ0v) is 7.53. The van der Waals surface area contributed by atoms with Crippen LogP contribution in [-0.4, -0.2) is 17.9 Å². The summed E-state index contributed by atoms with van der Waals surface area (Å²) < 4.78 is 0. The van der Waals surface area contributed by atoms with Crippen molar-refractivity contribution in [3.05, 3.63) is 30.1 Å². The SMILES string of the molecule is CNC(=O)[C@@H]1C[C@@H]1c1ccncc1. The van der Waals surface area contributed by atoms with E-state index >= 15 is 0 Å². The van der Waals surface area contributed by atoms with Crippen LogP contribution in [0, 0.1) is 5.92 Å². The molecule has 0 aliphatic heterocycles. The molecule has 3 nitrogen and oxygen atoms in total. The largest absolute Gasteiger partial charge is 0.359 e. The van der Waals surface area contributed by atoms with Crippen molar-refractivity contribution in [2.24, 2.45) is 5.92 Å². The van der Waals surface area contributed by atoms with Crippen LogP contribution in [0.15, 0.2) is 24.5 Å². The van der Waals surface area contributed by atoms with Gasteiger partial charge in [-0.1, -0.05) is 0 Å². The summed E-state index contributed by atoms with van der Waals surface area (Å²) in [6.45, 7) is 0. The standard InChI is InChI=1S/C10H12N2O/c1-11-10(13)9-6-8(9)7-2-4-12-5-3-7/h2-5,8-9H,6H2,1H3,(H,11,13)/t8-,9-/m1/s1. The highest BCUT2D eigenvalue weighted by Gasteiger charge is 2.43. The van der Waals surface area contributed by atoms with Crippen LogP contribution in [0.1, 0.15) is 17.9 Å². The molecular formula is C10H12N2O. The Morgan fingerprint density at radius 2 is 2.23 bits per heavy atom. The van der Waals surface area contributed by atoms with Gasteiger partial charge in [0.1, 0.15) is 0 Å². The molecule has 1 aromatic heterocycles. The maximum atomic E-state index is 11.2. The summed E-state index contributed by atoms with van der Waals surface area (Å²) in [6, 6.07) is 3.96. The van der Waals surface area contributed by atoms with Crippen molar-refractivity contribution in [3.63, 3.8) is 0 Å². The molecule has 0 saturated heterocycles. The highest BCUT2D eigenvalue weighted by atomic mass is 16.1. The fraction of sp³-hybridized carbons (Fsp3) is 0.400. The maximum absolute atomic E-state index is 11.2. The zero-order chi connectivity index (χ0) is 9.26. The lowest BCUT2D eigenvalue weighted by molar-refractivity contribution is -0.121. The van der Waals surface area contributed by atoms with E-state index in [1.54, 1.807) is 19.4 Å². The summed E-state index contributed by atoms with van der Waals surface area (Å²) in [4.78, 5) is 15.2. The highest BCUT2D eigenvalue weighted by Crippen LogP contribution is 2.47. The Labute approximate surface area is 77.2 Å². The van der Waals surface area contributed by atoms with Crippen LogP contribution in [0.25, 0.3) is 0 Å². The number of nitrogens with zero attached hydrogens (tertiary/aromatic N) is 1. The molecule has 1 aliphatic carbocycles. The summed E-state index contributed by atoms with van der Waals surface area (Å²) >= 11 is 0. The minimum absolute atomic E-state index is 0.154. The van der Waals surface area contributed by atoms with E-state index < -0.39 is 0 Å². The molecule has 0 unspecified atom stereocenters. The Bertz CT molecular complexity index is 310. The highest BCUT2D eigenvalue weighted by molar-refractivity contribution is 5.82. The smallest absolute Gasteiger partial charge is 0.223 e. The number of nitrogens with one attached hydrogen (secondary N) is 1. The van der Waals surface area contributed by atoms with Gasteiger partial charge in [0, 0.05) is 25.4 Å². The summed E-state index contributed by atoms with van der Waals surface area (Å²) in [5.41, 5.74) is 1.23. The molecule has 0 bridgehead atoms. The minimum atomic E-state index is 0.154. The molecule has 2 rings (SSSR count). The van der Waals surface area contributed by atoms with Gasteiger partial charge in [-0.3, -0.25) is 9.78 Å². The van der Waals surface area contributed by atoms with Crippen LogP contribution in [0.5, 0.6) is 0 Å². The number of amides is 1. The van der Waals surface area contributed by atoms with Gasteiger partial charge in [-0.15, -0.1) is 0 Å². The van der Waals surface area contributed by atoms with Crippen molar-refractivity contribution in [3.8, 4) is 0 Å². The number of carbonyl (C=O) groups is 1. The lowest BCUT2D eigenvalue weighted by Gasteiger charge is -1.98. The summed E-state index contributed by atoms with van der Waals surface area (Å²) in [5, 5.41) is 2.67. The molecule has 1 fully saturated rings. The van der Waals surface area contributed by atoms with Gasteiger partial charge < -0.3 is 5.32 Å². The van der Waals surface area contributed by atoms with Gasteiger partial charge in [-0.25, -0.2) is 0 Å². The van der Waals surface area contributed by atoms with E-state index in [1.165, 1.54) is 5.56 Å². The average Bonchev–Trinajstić information content (AvgIpc) is 2.98. The van der Waals surface area contributed by atoms with E-state index in [9.17, 15) is 4.79 Å². The van der Waals surface area contributed by atoms with Crippen molar-refractivity contribution >= 4 is 5.91 Å². The van der Waals surface area contributed by atoms with Crippen LogP contribution in [0.4, 0.5) is 0 Å². The number of hydrogen-bond donors (Lipinski definition) is 1. The van der Waals surface area contributed by atoms with E-state index in [4.69, 9.17) is 0 Å². The molecule has 1 N–H and O–H groups in total. The van der Waals surface area contributed by atoms with E-state index in [1.807, 2.05) is 12.1 Å². The minimum Gasteiger partial charge on any atom is -0.359 e. The predicted molar refractivity (Wildman–Crippen MR) is 49.2 cm³/mol. The van der Waals surface area contributed by atoms with Gasteiger partial charge in [0.05, 0.1) is 0 Å². The average molecular weight is 176 g/mol. The van der Waals surface area contributed by atoms with Crippen molar-refractivity contribution in [2.45, 2.75) is 12.3 Å². The van der Waals surface area contributed by atoms with Crippen LogP contribution in [0.2, 0.25) is 0 Å². The third kappa shape index (κ3) is 1.54. The molecule has 1 amide bonds. The van der Waals surface area contributed by atoms with Crippen molar-refractivity contribution in [2.75, 3.05) is 7.05 Å². The monoisotopic (exact) mass is 176 g/mol. The third-order valence-electron chi connectivity index (χ3n) is 2.51. The molecule has 0 spiro atoms. The van der Waals surface area contributed by atoms with Crippen molar-refractivity contribution in [1.29, 1.82) is 0 Å². The Balaban J connectivity index is 2.04. The lowest BCUT2D eigenvalue weighted by Crippen LogP contribution is -2.20. The molecule has 1 aliphatic rings. The molecule has 0 aromatic carbocycles. The second-order valence-corrected chi connectivity index (χ2v) is 3.34. The van der Waals surface area contributed by atoms with Gasteiger partial charge >= 0.3 is 0 Å². The van der Waals surface area contributed by atoms with Crippen LogP contribution >= 0.6 is 0 Å². The number of aromatic nitrogens is 1. The van der Waals surface area contributed by atoms with Gasteiger partial charge in [-0.2, -0.15) is 0 Å². The molecule has 3 heteroatoms. The maximum Gasteiger partial charge on any atom is 0.223 e. The Hall–Kier alpha value is -1.38. The van der Waals surface area contributed by atoms with Crippen LogP contribution in [0.3, 0.4) is 0 Å². The molecular weight excluding hydrogens is 164 g/mol. The topological polar surface area (TPSA) is 42.0 Å². The first-order valence-corrected chi connectivity index (χ1v) is 4.44.